The van der Waals surface area contributed by atoms with Crippen molar-refractivity contribution in [3.8, 4) is 0 Å². The number of carboxylic acids is 1. The molecule has 0 bridgehead atoms. The number of hydrogen-bond donors (Lipinski definition) is 1. The van der Waals surface area contributed by atoms with Crippen LogP contribution in [0.4, 0.5) is 11.4 Å². The van der Waals surface area contributed by atoms with Crippen LogP contribution in [0.15, 0.2) is 18.2 Å². The van der Waals surface area contributed by atoms with Gasteiger partial charge in [0.2, 0.25) is 0 Å². The van der Waals surface area contributed by atoms with Crippen molar-refractivity contribution in [2.75, 3.05) is 44.8 Å². The van der Waals surface area contributed by atoms with Crippen molar-refractivity contribution < 1.29 is 24.4 Å². The molecular formula is C14H17N3O6. The first kappa shape index (κ1) is 16.7. The van der Waals surface area contributed by atoms with Gasteiger partial charge in [0.05, 0.1) is 23.7 Å². The maximum Gasteiger partial charge on any atom is 0.323 e. The molecule has 1 aromatic rings. The summed E-state index contributed by atoms with van der Waals surface area (Å²) >= 11 is 0. The highest BCUT2D eigenvalue weighted by Gasteiger charge is 2.29. The number of nitrogens with zero attached hydrogens (tertiary/aromatic N) is 3. The maximum atomic E-state index is 12.5. The number of anilines is 1. The molecule has 1 fully saturated rings. The molecule has 0 aromatic heterocycles. The van der Waals surface area contributed by atoms with Crippen LogP contribution in [0.2, 0.25) is 0 Å². The van der Waals surface area contributed by atoms with Crippen molar-refractivity contribution in [2.45, 2.75) is 0 Å². The second-order valence-electron chi connectivity index (χ2n) is 5.08. The fraction of sp³-hybridized carbons (Fsp3) is 0.429. The van der Waals surface area contributed by atoms with Crippen LogP contribution in [0.25, 0.3) is 0 Å². The van der Waals surface area contributed by atoms with Gasteiger partial charge in [0, 0.05) is 26.2 Å². The molecule has 0 saturated carbocycles. The standard InChI is InChI=1S/C14H17N3O6/c1-15(9-12(18)19)14(20)10-3-2-4-11(17(21)22)13(10)16-5-7-23-8-6-16/h2-4H,5-9H2,1H3,(H,18,19). The molecule has 0 spiro atoms. The molecule has 9 nitrogen and oxygen atoms in total. The highest BCUT2D eigenvalue weighted by atomic mass is 16.6. The van der Waals surface area contributed by atoms with E-state index in [-0.39, 0.29) is 16.9 Å². The summed E-state index contributed by atoms with van der Waals surface area (Å²) < 4.78 is 5.24. The summed E-state index contributed by atoms with van der Waals surface area (Å²) in [5.41, 5.74) is 0.148. The predicted octanol–water partition coefficient (Wildman–Crippen LogP) is 0.588. The van der Waals surface area contributed by atoms with Gasteiger partial charge in [0.1, 0.15) is 12.2 Å². The van der Waals surface area contributed by atoms with E-state index in [1.807, 2.05) is 0 Å². The SMILES string of the molecule is CN(CC(=O)O)C(=O)c1cccc([N+](=O)[O-])c1N1CCOCC1. The van der Waals surface area contributed by atoms with Crippen molar-refractivity contribution >= 4 is 23.3 Å². The van der Waals surface area contributed by atoms with E-state index in [9.17, 15) is 19.7 Å². The van der Waals surface area contributed by atoms with E-state index in [1.165, 1.54) is 25.2 Å². The molecule has 0 radical (unpaired) electrons. The molecule has 0 aliphatic carbocycles. The topological polar surface area (TPSA) is 113 Å². The molecule has 1 aromatic carbocycles. The Bertz CT molecular complexity index is 627. The molecule has 1 heterocycles. The van der Waals surface area contributed by atoms with Gasteiger partial charge in [-0.05, 0) is 6.07 Å². The Morgan fingerprint density at radius 3 is 2.61 bits per heavy atom. The zero-order valence-corrected chi connectivity index (χ0v) is 12.6. The first-order chi connectivity index (χ1) is 10.9. The lowest BCUT2D eigenvalue weighted by molar-refractivity contribution is -0.384. The van der Waals surface area contributed by atoms with Crippen LogP contribution in [-0.2, 0) is 9.53 Å². The maximum absolute atomic E-state index is 12.5. The average molecular weight is 323 g/mol. The summed E-state index contributed by atoms with van der Waals surface area (Å²) in [7, 11) is 1.35. The minimum atomic E-state index is -1.15. The third-order valence-corrected chi connectivity index (χ3v) is 3.49. The van der Waals surface area contributed by atoms with Gasteiger partial charge in [0.15, 0.2) is 0 Å². The van der Waals surface area contributed by atoms with Crippen molar-refractivity contribution in [1.82, 2.24) is 4.90 Å². The third-order valence-electron chi connectivity index (χ3n) is 3.49. The number of amides is 1. The second kappa shape index (κ2) is 7.05. The molecule has 1 aliphatic rings. The molecular weight excluding hydrogens is 306 g/mol. The number of likely N-dealkylation sites (N-methyl/N-ethyl adjacent to an activating group) is 1. The van der Waals surface area contributed by atoms with Gasteiger partial charge in [-0.15, -0.1) is 0 Å². The Morgan fingerprint density at radius 1 is 1.39 bits per heavy atom. The van der Waals surface area contributed by atoms with Crippen molar-refractivity contribution in [3.05, 3.63) is 33.9 Å². The van der Waals surface area contributed by atoms with Crippen LogP contribution in [0, 0.1) is 10.1 Å². The van der Waals surface area contributed by atoms with E-state index in [0.29, 0.717) is 26.3 Å². The first-order valence-corrected chi connectivity index (χ1v) is 6.99. The van der Waals surface area contributed by atoms with Crippen molar-refractivity contribution in [2.24, 2.45) is 0 Å². The number of aliphatic carboxylic acids is 1. The number of para-hydroxylation sites is 1. The van der Waals surface area contributed by atoms with Gasteiger partial charge in [0.25, 0.3) is 11.6 Å². The molecule has 2 rings (SSSR count). The van der Waals surface area contributed by atoms with E-state index in [4.69, 9.17) is 9.84 Å². The number of carbonyl (C=O) groups excluding carboxylic acids is 1. The number of nitro groups is 1. The number of ether oxygens (including phenoxy) is 1. The van der Waals surface area contributed by atoms with Crippen molar-refractivity contribution in [3.63, 3.8) is 0 Å². The van der Waals surface area contributed by atoms with E-state index in [0.717, 1.165) is 4.90 Å². The molecule has 1 N–H and O–H groups in total. The Morgan fingerprint density at radius 2 is 2.04 bits per heavy atom. The van der Waals surface area contributed by atoms with Crippen LogP contribution in [0.3, 0.4) is 0 Å². The highest BCUT2D eigenvalue weighted by Crippen LogP contribution is 2.33. The van der Waals surface area contributed by atoms with Gasteiger partial charge in [-0.1, -0.05) is 6.07 Å². The molecule has 0 atom stereocenters. The van der Waals surface area contributed by atoms with Crippen LogP contribution in [0.1, 0.15) is 10.4 Å². The lowest BCUT2D eigenvalue weighted by Crippen LogP contribution is -2.39. The molecule has 1 saturated heterocycles. The fourth-order valence-electron chi connectivity index (χ4n) is 2.45. The number of nitro benzene ring substituents is 1. The number of carboxylic acid groups (broad SMARTS) is 1. The zero-order valence-electron chi connectivity index (χ0n) is 12.6. The third kappa shape index (κ3) is 3.75. The summed E-state index contributed by atoms with van der Waals surface area (Å²) in [6.45, 7) is 1.18. The minimum Gasteiger partial charge on any atom is -0.480 e. The van der Waals surface area contributed by atoms with Gasteiger partial charge < -0.3 is 19.6 Å². The molecule has 124 valence electrons. The zero-order chi connectivity index (χ0) is 17.0. The second-order valence-corrected chi connectivity index (χ2v) is 5.08. The number of morpholine rings is 1. The van der Waals surface area contributed by atoms with Gasteiger partial charge in [-0.2, -0.15) is 0 Å². The van der Waals surface area contributed by atoms with Crippen molar-refractivity contribution in [1.29, 1.82) is 0 Å². The molecule has 23 heavy (non-hydrogen) atoms. The predicted molar refractivity (Wildman–Crippen MR) is 80.7 cm³/mol. The Balaban J connectivity index is 2.45. The smallest absolute Gasteiger partial charge is 0.323 e. The van der Waals surface area contributed by atoms with Crippen LogP contribution in [-0.4, -0.2) is 66.7 Å². The van der Waals surface area contributed by atoms with Crippen LogP contribution in [0.5, 0.6) is 0 Å². The number of hydrogen-bond acceptors (Lipinski definition) is 6. The highest BCUT2D eigenvalue weighted by molar-refractivity contribution is 6.02. The number of rotatable bonds is 5. The minimum absolute atomic E-state index is 0.116. The molecule has 1 amide bonds. The van der Waals surface area contributed by atoms with Gasteiger partial charge >= 0.3 is 5.97 Å². The number of carbonyl (C=O) groups is 2. The van der Waals surface area contributed by atoms with E-state index in [2.05, 4.69) is 0 Å². The normalized spacial score (nSPS) is 14.4. The van der Waals surface area contributed by atoms with E-state index < -0.39 is 23.3 Å². The lowest BCUT2D eigenvalue weighted by atomic mass is 10.1. The summed E-state index contributed by atoms with van der Waals surface area (Å²) in [4.78, 5) is 36.8. The summed E-state index contributed by atoms with van der Waals surface area (Å²) in [6, 6.07) is 4.22. The summed E-state index contributed by atoms with van der Waals surface area (Å²) in [5.74, 6) is -1.73. The Hall–Kier alpha value is -2.68. The van der Waals surface area contributed by atoms with E-state index >= 15 is 0 Å². The molecule has 1 aliphatic heterocycles. The van der Waals surface area contributed by atoms with Gasteiger partial charge in [-0.25, -0.2) is 0 Å². The summed E-state index contributed by atoms with van der Waals surface area (Å²) in [6.07, 6.45) is 0. The largest absolute Gasteiger partial charge is 0.480 e. The monoisotopic (exact) mass is 323 g/mol. The lowest BCUT2D eigenvalue weighted by Gasteiger charge is -2.30. The first-order valence-electron chi connectivity index (χ1n) is 6.99. The fourth-order valence-corrected chi connectivity index (χ4v) is 2.45. The Labute approximate surface area is 132 Å². The van der Waals surface area contributed by atoms with Crippen LogP contribution < -0.4 is 4.90 Å². The molecule has 9 heteroatoms. The average Bonchev–Trinajstić information content (AvgIpc) is 2.53. The quantitative estimate of drug-likeness (QED) is 0.623. The Kier molecular flexibility index (Phi) is 5.12. The summed E-state index contributed by atoms with van der Waals surface area (Å²) in [5, 5.41) is 20.1. The molecule has 0 unspecified atom stereocenters. The van der Waals surface area contributed by atoms with E-state index in [1.54, 1.807) is 4.90 Å². The van der Waals surface area contributed by atoms with Crippen LogP contribution >= 0.6 is 0 Å². The van der Waals surface area contributed by atoms with Gasteiger partial charge in [-0.3, -0.25) is 19.7 Å². The number of benzene rings is 1.